The molecule has 0 fully saturated rings. The van der Waals surface area contributed by atoms with E-state index < -0.39 is 18.7 Å². The minimum atomic E-state index is -6.40. The molecule has 0 unspecified atom stereocenters. The van der Waals surface area contributed by atoms with Crippen LogP contribution in [0.25, 0.3) is 0 Å². The van der Waals surface area contributed by atoms with Gasteiger partial charge < -0.3 is 8.63 Å². The van der Waals surface area contributed by atoms with E-state index >= 15 is 0 Å². The van der Waals surface area contributed by atoms with Crippen molar-refractivity contribution >= 4 is 23.6 Å². The number of rotatable bonds is 2. The fourth-order valence-corrected chi connectivity index (χ4v) is 1.85. The first kappa shape index (κ1) is 23.2. The Bertz CT molecular complexity index is 425. The van der Waals surface area contributed by atoms with Gasteiger partial charge in [0.1, 0.15) is 0 Å². The molecule has 22 heavy (non-hydrogen) atoms. The summed E-state index contributed by atoms with van der Waals surface area (Å²) in [6, 6.07) is 0. The highest BCUT2D eigenvalue weighted by Crippen LogP contribution is 2.43. The summed E-state index contributed by atoms with van der Waals surface area (Å²) in [5, 5.41) is 8.65. The SMILES string of the molecule is CCSC(N(C)C)=[N+](C)C.N#C[B-](F)(F)C(F)(F)C(F)(F)F. The molecule has 130 valence electrons. The standard InChI is InChI=1S/C7H17N2S.C3BF7N/c1-6-10-7(8(2)3)9(4)5;5-2(6,3(7,8)9)4(10,11)1-12/h6H2,1-5H3;/q+1;-1. The van der Waals surface area contributed by atoms with Gasteiger partial charge in [0.2, 0.25) is 0 Å². The van der Waals surface area contributed by atoms with Crippen molar-refractivity contribution in [1.82, 2.24) is 4.90 Å². The molecule has 12 heteroatoms. The van der Waals surface area contributed by atoms with Crippen molar-refractivity contribution in [2.75, 3.05) is 33.9 Å². The van der Waals surface area contributed by atoms with Crippen LogP contribution in [-0.2, 0) is 0 Å². The zero-order chi connectivity index (χ0) is 18.4. The molecule has 0 atom stereocenters. The molecule has 0 aromatic carbocycles. The smallest absolute Gasteiger partial charge is 0.461 e. The third-order valence-corrected chi connectivity index (χ3v) is 3.31. The van der Waals surface area contributed by atoms with Gasteiger partial charge in [0.05, 0.1) is 28.2 Å². The maximum Gasteiger partial charge on any atom is 0.484 e. The number of halogens is 7. The highest BCUT2D eigenvalue weighted by molar-refractivity contribution is 8.13. The first-order chi connectivity index (χ1) is 9.65. The molecule has 0 aliphatic rings. The molecule has 0 aromatic rings. The van der Waals surface area contributed by atoms with E-state index in [0.717, 1.165) is 5.75 Å². The fourth-order valence-electron chi connectivity index (χ4n) is 1.07. The number of alkyl halides is 5. The van der Waals surface area contributed by atoms with Crippen molar-refractivity contribution in [3.8, 4) is 5.97 Å². The van der Waals surface area contributed by atoms with Crippen LogP contribution < -0.4 is 0 Å². The summed E-state index contributed by atoms with van der Waals surface area (Å²) >= 11 is 1.86. The van der Waals surface area contributed by atoms with Crippen molar-refractivity contribution in [1.29, 1.82) is 5.26 Å². The van der Waals surface area contributed by atoms with Gasteiger partial charge in [-0.05, 0) is 11.8 Å². The van der Waals surface area contributed by atoms with Gasteiger partial charge in [-0.15, -0.1) is 0 Å². The topological polar surface area (TPSA) is 30.0 Å². The van der Waals surface area contributed by atoms with Gasteiger partial charge in [0, 0.05) is 5.75 Å². The first-order valence-electron chi connectivity index (χ1n) is 5.87. The van der Waals surface area contributed by atoms with Crippen molar-refractivity contribution in [3.05, 3.63) is 0 Å². The first-order valence-corrected chi connectivity index (χ1v) is 6.85. The van der Waals surface area contributed by atoms with E-state index in [-0.39, 0.29) is 5.97 Å². The van der Waals surface area contributed by atoms with Gasteiger partial charge in [-0.25, -0.2) is 14.0 Å². The average molecular weight is 355 g/mol. The zero-order valence-corrected chi connectivity index (χ0v) is 13.5. The lowest BCUT2D eigenvalue weighted by atomic mass is 9.59. The molecule has 0 saturated heterocycles. The molecule has 0 radical (unpaired) electrons. The van der Waals surface area contributed by atoms with Gasteiger partial charge in [0.25, 0.3) is 5.82 Å². The molecular weight excluding hydrogens is 338 g/mol. The Balaban J connectivity index is 0. The minimum Gasteiger partial charge on any atom is -0.461 e. The number of hydrogen-bond donors (Lipinski definition) is 0. The molecule has 0 N–H and O–H groups in total. The number of nitrogens with zero attached hydrogens (tertiary/aromatic N) is 3. The zero-order valence-electron chi connectivity index (χ0n) is 12.7. The van der Waals surface area contributed by atoms with Crippen LogP contribution in [0.2, 0.25) is 0 Å². The van der Waals surface area contributed by atoms with Crippen LogP contribution in [-0.4, -0.2) is 67.3 Å². The van der Waals surface area contributed by atoms with Crippen molar-refractivity contribution in [2.24, 2.45) is 0 Å². The lowest BCUT2D eigenvalue weighted by Crippen LogP contribution is -2.55. The molecule has 0 saturated carbocycles. The highest BCUT2D eigenvalue weighted by Gasteiger charge is 2.68. The van der Waals surface area contributed by atoms with Crippen LogP contribution in [0.4, 0.5) is 30.6 Å². The summed E-state index contributed by atoms with van der Waals surface area (Å²) in [4.78, 5) is 2.13. The predicted molar refractivity (Wildman–Crippen MR) is 73.5 cm³/mol. The third kappa shape index (κ3) is 6.33. The van der Waals surface area contributed by atoms with Gasteiger partial charge in [0.15, 0.2) is 0 Å². The second-order valence-corrected chi connectivity index (χ2v) is 5.65. The Morgan fingerprint density at radius 2 is 1.59 bits per heavy atom. The summed E-state index contributed by atoms with van der Waals surface area (Å²) in [7, 11) is 8.27. The summed E-state index contributed by atoms with van der Waals surface area (Å²) in [6.45, 7) is -4.22. The maximum absolute atomic E-state index is 11.7. The molecule has 0 aromatic heterocycles. The molecule has 3 nitrogen and oxygen atoms in total. The lowest BCUT2D eigenvalue weighted by molar-refractivity contribution is -0.466. The van der Waals surface area contributed by atoms with Crippen molar-refractivity contribution in [3.63, 3.8) is 0 Å². The maximum atomic E-state index is 11.7. The quantitative estimate of drug-likeness (QED) is 0.251. The van der Waals surface area contributed by atoms with E-state index in [0.29, 0.717) is 0 Å². The van der Waals surface area contributed by atoms with Gasteiger partial charge in [-0.3, -0.25) is 9.48 Å². The Labute approximate surface area is 128 Å². The molecule has 0 bridgehead atoms. The van der Waals surface area contributed by atoms with Crippen molar-refractivity contribution in [2.45, 2.75) is 18.9 Å². The monoisotopic (exact) mass is 355 g/mol. The summed E-state index contributed by atoms with van der Waals surface area (Å²) < 4.78 is 82.2. The average Bonchev–Trinajstić information content (AvgIpc) is 2.34. The van der Waals surface area contributed by atoms with Crippen LogP contribution >= 0.6 is 11.8 Å². The molecule has 0 spiro atoms. The number of hydrogen-bond acceptors (Lipinski definition) is 2. The lowest BCUT2D eigenvalue weighted by Gasteiger charge is -2.29. The highest BCUT2D eigenvalue weighted by atomic mass is 32.2. The normalized spacial score (nSPS) is 12.0. The van der Waals surface area contributed by atoms with Crippen LogP contribution in [0.3, 0.4) is 0 Å². The number of thioether (sulfide) groups is 1. The Hall–Kier alpha value is -1.12. The fraction of sp³-hybridized carbons (Fsp3) is 0.800. The van der Waals surface area contributed by atoms with E-state index in [4.69, 9.17) is 5.26 Å². The van der Waals surface area contributed by atoms with Crippen molar-refractivity contribution < 1.29 is 35.2 Å². The molecule has 0 aliphatic carbocycles. The van der Waals surface area contributed by atoms with Gasteiger partial charge in [-0.1, -0.05) is 12.9 Å². The van der Waals surface area contributed by atoms with Crippen LogP contribution in [0.5, 0.6) is 0 Å². The van der Waals surface area contributed by atoms with Crippen LogP contribution in [0, 0.1) is 11.2 Å². The Kier molecular flexibility index (Phi) is 8.95. The summed E-state index contributed by atoms with van der Waals surface area (Å²) in [5.41, 5.74) is 0. The Morgan fingerprint density at radius 3 is 1.68 bits per heavy atom. The number of nitriles is 1. The largest absolute Gasteiger partial charge is 0.484 e. The van der Waals surface area contributed by atoms with Gasteiger partial charge >= 0.3 is 18.0 Å². The minimum absolute atomic E-state index is 0.353. The second-order valence-electron chi connectivity index (χ2n) is 4.42. The number of amidine groups is 1. The molecule has 0 rings (SSSR count). The van der Waals surface area contributed by atoms with E-state index in [1.54, 1.807) is 0 Å². The Morgan fingerprint density at radius 1 is 1.18 bits per heavy atom. The van der Waals surface area contributed by atoms with E-state index in [1.807, 2.05) is 11.8 Å². The molecule has 0 amide bonds. The summed E-state index contributed by atoms with van der Waals surface area (Å²) in [6.07, 6.45) is -6.40. The third-order valence-electron chi connectivity index (χ3n) is 2.03. The molecule has 0 aliphatic heterocycles. The van der Waals surface area contributed by atoms with E-state index in [9.17, 15) is 30.6 Å². The molecule has 0 heterocycles. The van der Waals surface area contributed by atoms with Gasteiger partial charge in [-0.2, -0.15) is 13.2 Å². The summed E-state index contributed by atoms with van der Waals surface area (Å²) in [5.74, 6) is -5.47. The van der Waals surface area contributed by atoms with E-state index in [2.05, 4.69) is 44.6 Å². The second kappa shape index (κ2) is 8.50. The molecular formula is C10H17BF7N3S. The predicted octanol–water partition coefficient (Wildman–Crippen LogP) is 3.10. The van der Waals surface area contributed by atoms with Crippen LogP contribution in [0.1, 0.15) is 6.92 Å². The van der Waals surface area contributed by atoms with E-state index in [1.165, 1.54) is 5.17 Å². The van der Waals surface area contributed by atoms with Crippen LogP contribution in [0.15, 0.2) is 0 Å².